The normalized spacial score (nSPS) is 11.5. The Kier molecular flexibility index (Phi) is 6.33. The summed E-state index contributed by atoms with van der Waals surface area (Å²) in [4.78, 5) is 10.4. The van der Waals surface area contributed by atoms with Crippen LogP contribution in [0.2, 0.25) is 0 Å². The lowest BCUT2D eigenvalue weighted by Gasteiger charge is -2.21. The van der Waals surface area contributed by atoms with Gasteiger partial charge < -0.3 is 17.2 Å². The zero-order chi connectivity index (χ0) is 17.4. The van der Waals surface area contributed by atoms with Gasteiger partial charge in [0.05, 0.1) is 5.69 Å². The highest BCUT2D eigenvalue weighted by Gasteiger charge is 2.08. The first kappa shape index (κ1) is 17.5. The topological polar surface area (TPSA) is 106 Å². The second-order valence-corrected chi connectivity index (χ2v) is 5.42. The van der Waals surface area contributed by atoms with E-state index in [0.29, 0.717) is 0 Å². The average molecular weight is 324 g/mol. The number of para-hydroxylation sites is 1. The summed E-state index contributed by atoms with van der Waals surface area (Å²) in [5.74, 6) is -0.0541. The minimum Gasteiger partial charge on any atom is -0.370 e. The van der Waals surface area contributed by atoms with Crippen LogP contribution in [0.4, 0.5) is 5.69 Å². The van der Waals surface area contributed by atoms with E-state index < -0.39 is 0 Å². The van der Waals surface area contributed by atoms with Gasteiger partial charge in [-0.2, -0.15) is 4.99 Å². The molecule has 2 aromatic carbocycles. The van der Waals surface area contributed by atoms with E-state index in [4.69, 9.17) is 17.2 Å². The lowest BCUT2D eigenvalue weighted by atomic mass is 10.1. The van der Waals surface area contributed by atoms with Gasteiger partial charge >= 0.3 is 0 Å². The summed E-state index contributed by atoms with van der Waals surface area (Å²) < 4.78 is 0. The van der Waals surface area contributed by atoms with E-state index in [1.165, 1.54) is 5.56 Å². The summed E-state index contributed by atoms with van der Waals surface area (Å²) >= 11 is 0. The van der Waals surface area contributed by atoms with Gasteiger partial charge in [-0.1, -0.05) is 55.5 Å². The van der Waals surface area contributed by atoms with E-state index in [2.05, 4.69) is 46.1 Å². The fourth-order valence-electron chi connectivity index (χ4n) is 2.40. The van der Waals surface area contributed by atoms with Crippen molar-refractivity contribution in [2.45, 2.75) is 20.0 Å². The number of nitrogens with zero attached hydrogens (tertiary/aromatic N) is 3. The molecule has 6 heteroatoms. The summed E-state index contributed by atoms with van der Waals surface area (Å²) in [6, 6.07) is 18.2. The van der Waals surface area contributed by atoms with Crippen LogP contribution >= 0.6 is 0 Å². The number of guanidine groups is 2. The quantitative estimate of drug-likeness (QED) is 0.557. The van der Waals surface area contributed by atoms with E-state index in [0.717, 1.165) is 30.9 Å². The number of rotatable bonds is 6. The van der Waals surface area contributed by atoms with Gasteiger partial charge in [0.25, 0.3) is 0 Å². The summed E-state index contributed by atoms with van der Waals surface area (Å²) in [5, 5.41) is 0. The molecule has 0 heterocycles. The van der Waals surface area contributed by atoms with Crippen LogP contribution in [0.3, 0.4) is 0 Å². The molecule has 0 aromatic heterocycles. The fraction of sp³-hybridized carbons (Fsp3) is 0.222. The summed E-state index contributed by atoms with van der Waals surface area (Å²) in [6.07, 6.45) is 0. The van der Waals surface area contributed by atoms with Crippen LogP contribution in [0.25, 0.3) is 0 Å². The molecule has 24 heavy (non-hydrogen) atoms. The first-order valence-corrected chi connectivity index (χ1v) is 7.86. The van der Waals surface area contributed by atoms with Gasteiger partial charge in [0, 0.05) is 13.1 Å². The molecule has 6 N–H and O–H groups in total. The molecule has 0 unspecified atom stereocenters. The van der Waals surface area contributed by atoms with Crippen molar-refractivity contribution in [2.75, 3.05) is 6.54 Å². The number of benzene rings is 2. The van der Waals surface area contributed by atoms with Gasteiger partial charge in [-0.3, -0.25) is 4.90 Å². The Morgan fingerprint density at radius 3 is 2.25 bits per heavy atom. The molecule has 0 saturated carbocycles. The Morgan fingerprint density at radius 1 is 0.917 bits per heavy atom. The van der Waals surface area contributed by atoms with Crippen molar-refractivity contribution in [3.8, 4) is 0 Å². The van der Waals surface area contributed by atoms with Crippen LogP contribution in [-0.4, -0.2) is 23.4 Å². The molecule has 0 saturated heterocycles. The van der Waals surface area contributed by atoms with E-state index in [1.54, 1.807) is 0 Å². The predicted octanol–water partition coefficient (Wildman–Crippen LogP) is 1.93. The largest absolute Gasteiger partial charge is 0.370 e. The van der Waals surface area contributed by atoms with Crippen molar-refractivity contribution in [3.05, 3.63) is 65.7 Å². The molecule has 0 radical (unpaired) electrons. The number of hydrogen-bond donors (Lipinski definition) is 3. The molecule has 0 amide bonds. The van der Waals surface area contributed by atoms with E-state index >= 15 is 0 Å². The Labute approximate surface area is 142 Å². The zero-order valence-corrected chi connectivity index (χ0v) is 13.9. The van der Waals surface area contributed by atoms with E-state index in [9.17, 15) is 0 Å². The van der Waals surface area contributed by atoms with Crippen LogP contribution in [0.15, 0.2) is 64.6 Å². The lowest BCUT2D eigenvalue weighted by Crippen LogP contribution is -2.26. The highest BCUT2D eigenvalue weighted by molar-refractivity contribution is 5.93. The van der Waals surface area contributed by atoms with Crippen LogP contribution in [0.5, 0.6) is 0 Å². The van der Waals surface area contributed by atoms with Crippen molar-refractivity contribution >= 4 is 17.6 Å². The predicted molar refractivity (Wildman–Crippen MR) is 99.8 cm³/mol. The highest BCUT2D eigenvalue weighted by Crippen LogP contribution is 2.21. The minimum absolute atomic E-state index is 0.0496. The van der Waals surface area contributed by atoms with Gasteiger partial charge in [0.15, 0.2) is 5.96 Å². The molecule has 6 nitrogen and oxygen atoms in total. The molecule has 0 aliphatic rings. The fourth-order valence-corrected chi connectivity index (χ4v) is 2.40. The third kappa shape index (κ3) is 5.40. The van der Waals surface area contributed by atoms with E-state index in [-0.39, 0.29) is 11.9 Å². The molecule has 0 atom stereocenters. The molecule has 2 aromatic rings. The van der Waals surface area contributed by atoms with Gasteiger partial charge in [-0.25, -0.2) is 4.99 Å². The Balaban J connectivity index is 2.18. The molecule has 0 spiro atoms. The molecular weight excluding hydrogens is 300 g/mol. The Hall–Kier alpha value is -2.86. The van der Waals surface area contributed by atoms with Crippen LogP contribution < -0.4 is 17.2 Å². The van der Waals surface area contributed by atoms with Crippen LogP contribution in [0, 0.1) is 0 Å². The molecule has 0 aliphatic carbocycles. The SMILES string of the molecule is CCN(Cc1ccccc1)Cc1ccccc1N=C(N)N=C(N)N. The third-order valence-electron chi connectivity index (χ3n) is 3.56. The zero-order valence-electron chi connectivity index (χ0n) is 13.9. The van der Waals surface area contributed by atoms with Crippen molar-refractivity contribution in [1.29, 1.82) is 0 Å². The van der Waals surface area contributed by atoms with Gasteiger partial charge in [-0.05, 0) is 23.7 Å². The molecule has 2 rings (SSSR count). The van der Waals surface area contributed by atoms with Gasteiger partial charge in [0.1, 0.15) is 0 Å². The summed E-state index contributed by atoms with van der Waals surface area (Å²) in [5.41, 5.74) is 19.5. The maximum absolute atomic E-state index is 5.75. The third-order valence-corrected chi connectivity index (χ3v) is 3.56. The van der Waals surface area contributed by atoms with Crippen LogP contribution in [0.1, 0.15) is 18.1 Å². The Bertz CT molecular complexity index is 704. The summed E-state index contributed by atoms with van der Waals surface area (Å²) in [6.45, 7) is 4.71. The second kappa shape index (κ2) is 8.69. The maximum Gasteiger partial charge on any atom is 0.223 e. The average Bonchev–Trinajstić information content (AvgIpc) is 2.56. The minimum atomic E-state index is -0.104. The monoisotopic (exact) mass is 324 g/mol. The molecular formula is C18H24N6. The van der Waals surface area contributed by atoms with Crippen molar-refractivity contribution < 1.29 is 0 Å². The maximum atomic E-state index is 5.75. The molecule has 0 aliphatic heterocycles. The van der Waals surface area contributed by atoms with Crippen molar-refractivity contribution in [2.24, 2.45) is 27.2 Å². The summed E-state index contributed by atoms with van der Waals surface area (Å²) in [7, 11) is 0. The smallest absolute Gasteiger partial charge is 0.223 e. The lowest BCUT2D eigenvalue weighted by molar-refractivity contribution is 0.272. The number of nitrogens with two attached hydrogens (primary N) is 3. The molecule has 0 fully saturated rings. The molecule has 0 bridgehead atoms. The first-order chi connectivity index (χ1) is 11.6. The van der Waals surface area contributed by atoms with Gasteiger partial charge in [0.2, 0.25) is 5.96 Å². The Morgan fingerprint density at radius 2 is 1.58 bits per heavy atom. The second-order valence-electron chi connectivity index (χ2n) is 5.42. The number of hydrogen-bond acceptors (Lipinski definition) is 2. The standard InChI is InChI=1S/C18H24N6/c1-2-24(12-14-8-4-3-5-9-14)13-15-10-6-7-11-16(15)22-18(21)23-17(19)20/h3-11H,2,12-13H2,1H3,(H6,19,20,21,22,23). The first-order valence-electron chi connectivity index (χ1n) is 7.86. The van der Waals surface area contributed by atoms with Crippen molar-refractivity contribution in [3.63, 3.8) is 0 Å². The molecule has 126 valence electrons. The highest BCUT2D eigenvalue weighted by atomic mass is 15.1. The van der Waals surface area contributed by atoms with E-state index in [1.807, 2.05) is 30.3 Å². The number of aliphatic imine (C=N–C) groups is 2. The van der Waals surface area contributed by atoms with Crippen molar-refractivity contribution in [1.82, 2.24) is 4.90 Å². The van der Waals surface area contributed by atoms with Crippen LogP contribution in [-0.2, 0) is 13.1 Å². The van der Waals surface area contributed by atoms with Gasteiger partial charge in [-0.15, -0.1) is 0 Å².